The van der Waals surface area contributed by atoms with E-state index in [0.29, 0.717) is 31.7 Å². The first-order chi connectivity index (χ1) is 16.7. The molecule has 6 heteroatoms. The van der Waals surface area contributed by atoms with E-state index in [1.54, 1.807) is 0 Å². The van der Waals surface area contributed by atoms with Crippen LogP contribution in [0.1, 0.15) is 48.0 Å². The van der Waals surface area contributed by atoms with Crippen LogP contribution in [0.4, 0.5) is 5.69 Å². The van der Waals surface area contributed by atoms with Crippen LogP contribution in [0, 0.1) is 0 Å². The number of amides is 2. The Morgan fingerprint density at radius 2 is 1.82 bits per heavy atom. The van der Waals surface area contributed by atoms with Gasteiger partial charge in [-0.1, -0.05) is 24.3 Å². The highest BCUT2D eigenvalue weighted by molar-refractivity contribution is 5.97. The number of unbranched alkanes of at least 4 members (excludes halogenated alkanes) is 1. The summed E-state index contributed by atoms with van der Waals surface area (Å²) in [5.41, 5.74) is 2.97. The maximum atomic E-state index is 13.0. The molecule has 2 aromatic rings. The molecule has 0 radical (unpaired) electrons. The van der Waals surface area contributed by atoms with Crippen molar-refractivity contribution in [3.05, 3.63) is 72.3 Å². The third kappa shape index (κ3) is 5.86. The SMILES string of the molecule is C=CCNCCCCOc1ccc(C(=O)N2CCC(N3C(=O)CCc4ccccc43)CC2)cc1. The van der Waals surface area contributed by atoms with Gasteiger partial charge in [0.1, 0.15) is 5.75 Å². The summed E-state index contributed by atoms with van der Waals surface area (Å²) in [6.45, 7) is 7.46. The van der Waals surface area contributed by atoms with Crippen LogP contribution in [0.5, 0.6) is 5.75 Å². The molecule has 2 amide bonds. The second-order valence-corrected chi connectivity index (χ2v) is 8.99. The maximum absolute atomic E-state index is 13.0. The molecule has 2 aliphatic heterocycles. The Morgan fingerprint density at radius 3 is 2.59 bits per heavy atom. The number of anilines is 1. The molecule has 1 N–H and O–H groups in total. The molecule has 0 aromatic heterocycles. The number of carbonyl (C=O) groups is 2. The molecule has 34 heavy (non-hydrogen) atoms. The number of ether oxygens (including phenoxy) is 1. The number of carbonyl (C=O) groups excluding carboxylic acids is 2. The van der Waals surface area contributed by atoms with Crippen molar-refractivity contribution < 1.29 is 14.3 Å². The van der Waals surface area contributed by atoms with Crippen LogP contribution in [0.2, 0.25) is 0 Å². The third-order valence-corrected chi connectivity index (χ3v) is 6.65. The van der Waals surface area contributed by atoms with Gasteiger partial charge in [0.2, 0.25) is 5.91 Å². The molecule has 2 aliphatic rings. The largest absolute Gasteiger partial charge is 0.494 e. The number of piperidine rings is 1. The zero-order chi connectivity index (χ0) is 23.8. The van der Waals surface area contributed by atoms with Crippen LogP contribution >= 0.6 is 0 Å². The van der Waals surface area contributed by atoms with E-state index in [4.69, 9.17) is 4.74 Å². The van der Waals surface area contributed by atoms with Gasteiger partial charge in [0.05, 0.1) is 6.61 Å². The number of aryl methyl sites for hydroxylation is 1. The fourth-order valence-electron chi connectivity index (χ4n) is 4.80. The summed E-state index contributed by atoms with van der Waals surface area (Å²) in [5, 5.41) is 3.28. The van der Waals surface area contributed by atoms with Crippen LogP contribution in [-0.4, -0.2) is 55.5 Å². The Labute approximate surface area is 202 Å². The average molecular weight is 462 g/mol. The quantitative estimate of drug-likeness (QED) is 0.425. The Balaban J connectivity index is 1.25. The van der Waals surface area contributed by atoms with Crippen molar-refractivity contribution in [3.8, 4) is 5.75 Å². The first-order valence-electron chi connectivity index (χ1n) is 12.4. The number of nitrogens with zero attached hydrogens (tertiary/aromatic N) is 2. The number of hydrogen-bond acceptors (Lipinski definition) is 4. The molecule has 1 saturated heterocycles. The van der Waals surface area contributed by atoms with E-state index >= 15 is 0 Å². The van der Waals surface area contributed by atoms with Crippen LogP contribution in [0.15, 0.2) is 61.2 Å². The van der Waals surface area contributed by atoms with Crippen molar-refractivity contribution in [1.82, 2.24) is 10.2 Å². The van der Waals surface area contributed by atoms with E-state index in [-0.39, 0.29) is 17.9 Å². The zero-order valence-electron chi connectivity index (χ0n) is 19.9. The number of likely N-dealkylation sites (tertiary alicyclic amines) is 1. The smallest absolute Gasteiger partial charge is 0.253 e. The van der Waals surface area contributed by atoms with Gasteiger partial charge in [-0.2, -0.15) is 0 Å². The van der Waals surface area contributed by atoms with Crippen LogP contribution in [0.25, 0.3) is 0 Å². The molecule has 0 spiro atoms. The summed E-state index contributed by atoms with van der Waals surface area (Å²) in [5.74, 6) is 1.03. The lowest BCUT2D eigenvalue weighted by Gasteiger charge is -2.41. The fraction of sp³-hybridized carbons (Fsp3) is 0.429. The van der Waals surface area contributed by atoms with Crippen molar-refractivity contribution >= 4 is 17.5 Å². The highest BCUT2D eigenvalue weighted by Crippen LogP contribution is 2.32. The van der Waals surface area contributed by atoms with Gasteiger partial charge in [0.25, 0.3) is 5.91 Å². The Hall–Kier alpha value is -3.12. The number of rotatable bonds is 10. The molecule has 180 valence electrons. The monoisotopic (exact) mass is 461 g/mol. The van der Waals surface area contributed by atoms with Crippen LogP contribution in [0.3, 0.4) is 0 Å². The summed E-state index contributed by atoms with van der Waals surface area (Å²) in [6.07, 6.45) is 6.87. The van der Waals surface area contributed by atoms with E-state index in [2.05, 4.69) is 18.0 Å². The molecular formula is C28H35N3O3. The summed E-state index contributed by atoms with van der Waals surface area (Å²) in [7, 11) is 0. The summed E-state index contributed by atoms with van der Waals surface area (Å²) in [6, 6.07) is 15.8. The van der Waals surface area contributed by atoms with Crippen molar-refractivity contribution in [1.29, 1.82) is 0 Å². The minimum atomic E-state index is 0.0451. The topological polar surface area (TPSA) is 61.9 Å². The number of benzene rings is 2. The summed E-state index contributed by atoms with van der Waals surface area (Å²) < 4.78 is 5.80. The average Bonchev–Trinajstić information content (AvgIpc) is 2.88. The molecule has 2 heterocycles. The highest BCUT2D eigenvalue weighted by Gasteiger charge is 2.33. The molecule has 6 nitrogen and oxygen atoms in total. The van der Waals surface area contributed by atoms with Gasteiger partial charge in [0, 0.05) is 43.3 Å². The first kappa shape index (κ1) is 24.0. The molecule has 0 aliphatic carbocycles. The molecule has 1 fully saturated rings. The van der Waals surface area contributed by atoms with Gasteiger partial charge in [0.15, 0.2) is 0 Å². The molecule has 0 unspecified atom stereocenters. The molecule has 0 saturated carbocycles. The molecule has 4 rings (SSSR count). The predicted molar refractivity (Wildman–Crippen MR) is 135 cm³/mol. The Morgan fingerprint density at radius 1 is 1.06 bits per heavy atom. The second-order valence-electron chi connectivity index (χ2n) is 8.99. The van der Waals surface area contributed by atoms with Gasteiger partial charge in [-0.3, -0.25) is 9.59 Å². The maximum Gasteiger partial charge on any atom is 0.253 e. The van der Waals surface area contributed by atoms with Crippen molar-refractivity contribution in [2.24, 2.45) is 0 Å². The summed E-state index contributed by atoms with van der Waals surface area (Å²) >= 11 is 0. The Kier molecular flexibility index (Phi) is 8.36. The predicted octanol–water partition coefficient (Wildman–Crippen LogP) is 4.21. The second kappa shape index (κ2) is 11.8. The number of nitrogens with one attached hydrogen (secondary N) is 1. The first-order valence-corrected chi connectivity index (χ1v) is 12.4. The lowest BCUT2D eigenvalue weighted by Crippen LogP contribution is -2.50. The van der Waals surface area contributed by atoms with E-state index in [0.717, 1.165) is 56.6 Å². The van der Waals surface area contributed by atoms with Crippen LogP contribution in [-0.2, 0) is 11.2 Å². The van der Waals surface area contributed by atoms with Crippen molar-refractivity contribution in [2.45, 2.75) is 44.6 Å². The zero-order valence-corrected chi connectivity index (χ0v) is 19.9. The molecule has 2 aromatic carbocycles. The lowest BCUT2D eigenvalue weighted by atomic mass is 9.95. The lowest BCUT2D eigenvalue weighted by molar-refractivity contribution is -0.119. The minimum Gasteiger partial charge on any atom is -0.494 e. The van der Waals surface area contributed by atoms with Crippen molar-refractivity contribution in [3.63, 3.8) is 0 Å². The number of fused-ring (bicyclic) bond motifs is 1. The normalized spacial score (nSPS) is 16.3. The standard InChI is InChI=1S/C28H35N3O3/c1-2-17-29-18-5-6-21-34-25-12-9-23(10-13-25)28(33)30-19-15-24(16-20-30)31-26-8-4-3-7-22(26)11-14-27(31)32/h2-4,7-10,12-13,24,29H,1,5-6,11,14-21H2. The van der Waals surface area contributed by atoms with E-state index in [1.165, 1.54) is 5.56 Å². The molecular weight excluding hydrogens is 426 g/mol. The Bertz CT molecular complexity index is 981. The van der Waals surface area contributed by atoms with Gasteiger partial charge in [-0.05, 0) is 74.5 Å². The van der Waals surface area contributed by atoms with E-state index in [1.807, 2.05) is 58.3 Å². The molecule has 0 atom stereocenters. The van der Waals surface area contributed by atoms with E-state index < -0.39 is 0 Å². The highest BCUT2D eigenvalue weighted by atomic mass is 16.5. The van der Waals surface area contributed by atoms with Crippen molar-refractivity contribution in [2.75, 3.05) is 37.7 Å². The van der Waals surface area contributed by atoms with Crippen LogP contribution < -0.4 is 15.0 Å². The van der Waals surface area contributed by atoms with Gasteiger partial charge in [-0.15, -0.1) is 6.58 Å². The summed E-state index contributed by atoms with van der Waals surface area (Å²) in [4.78, 5) is 29.6. The third-order valence-electron chi connectivity index (χ3n) is 6.65. The van der Waals surface area contributed by atoms with E-state index in [9.17, 15) is 9.59 Å². The molecule has 0 bridgehead atoms. The fourth-order valence-corrected chi connectivity index (χ4v) is 4.80. The number of para-hydroxylation sites is 1. The van der Waals surface area contributed by atoms with Gasteiger partial charge >= 0.3 is 0 Å². The minimum absolute atomic E-state index is 0.0451. The van der Waals surface area contributed by atoms with Gasteiger partial charge < -0.3 is 19.9 Å². The van der Waals surface area contributed by atoms with Gasteiger partial charge in [-0.25, -0.2) is 0 Å². The number of hydrogen-bond donors (Lipinski definition) is 1.